The number of ether oxygens (including phenoxy) is 1. The van der Waals surface area contributed by atoms with Gasteiger partial charge in [-0.25, -0.2) is 9.79 Å². The van der Waals surface area contributed by atoms with E-state index in [9.17, 15) is 14.7 Å². The van der Waals surface area contributed by atoms with E-state index < -0.39 is 5.97 Å². The largest absolute Gasteiger partial charge is 0.495 e. The van der Waals surface area contributed by atoms with Crippen LogP contribution in [0, 0.1) is 0 Å². The fraction of sp³-hybridized carbons (Fsp3) is 0.0556. The topological polar surface area (TPSA) is 140 Å². The molecule has 0 saturated heterocycles. The second-order valence-electron chi connectivity index (χ2n) is 5.14. The third-order valence-corrected chi connectivity index (χ3v) is 3.43. The Morgan fingerprint density at radius 1 is 1.23 bits per heavy atom. The molecule has 0 aliphatic heterocycles. The van der Waals surface area contributed by atoms with E-state index in [1.807, 2.05) is 0 Å². The molecule has 26 heavy (non-hydrogen) atoms. The summed E-state index contributed by atoms with van der Waals surface area (Å²) in [5.74, 6) is -0.871. The highest BCUT2D eigenvalue weighted by Crippen LogP contribution is 2.31. The lowest BCUT2D eigenvalue weighted by atomic mass is 10.0. The van der Waals surface area contributed by atoms with Crippen LogP contribution in [0.1, 0.15) is 11.1 Å². The maximum atomic E-state index is 11.8. The van der Waals surface area contributed by atoms with E-state index in [0.29, 0.717) is 34.7 Å². The number of aliphatic imine (C=N–C) groups is 1. The van der Waals surface area contributed by atoms with Gasteiger partial charge in [0.25, 0.3) is 0 Å². The van der Waals surface area contributed by atoms with Gasteiger partial charge >= 0.3 is 5.97 Å². The summed E-state index contributed by atoms with van der Waals surface area (Å²) < 4.78 is 5.21. The molecule has 0 unspecified atom stereocenters. The number of carboxylic acid groups (broad SMARTS) is 1. The Bertz CT molecular complexity index is 887. The number of nitrogens with two attached hydrogens (primary N) is 2. The van der Waals surface area contributed by atoms with E-state index in [4.69, 9.17) is 16.2 Å². The first kappa shape index (κ1) is 18.5. The highest BCUT2D eigenvalue weighted by Gasteiger charge is 2.14. The second-order valence-corrected chi connectivity index (χ2v) is 5.14. The summed E-state index contributed by atoms with van der Waals surface area (Å²) in [7, 11) is 1.45. The van der Waals surface area contributed by atoms with Crippen molar-refractivity contribution in [3.8, 4) is 5.75 Å². The van der Waals surface area contributed by atoms with E-state index in [1.165, 1.54) is 13.2 Å². The normalized spacial score (nSPS) is 10.7. The zero-order chi connectivity index (χ0) is 19.1. The van der Waals surface area contributed by atoms with Crippen molar-refractivity contribution in [3.05, 3.63) is 53.6 Å². The van der Waals surface area contributed by atoms with E-state index in [-0.39, 0.29) is 11.5 Å². The molecule has 0 aliphatic rings. The van der Waals surface area contributed by atoms with Crippen LogP contribution in [-0.2, 0) is 9.59 Å². The van der Waals surface area contributed by atoms with Gasteiger partial charge in [0.2, 0.25) is 6.41 Å². The number of hydrogen-bond donors (Lipinski definition) is 4. The van der Waals surface area contributed by atoms with Crippen molar-refractivity contribution >= 4 is 41.4 Å². The molecule has 2 rings (SSSR count). The van der Waals surface area contributed by atoms with Crippen LogP contribution in [-0.4, -0.2) is 30.6 Å². The van der Waals surface area contributed by atoms with Gasteiger partial charge in [0.15, 0.2) is 5.96 Å². The van der Waals surface area contributed by atoms with Crippen LogP contribution < -0.4 is 21.5 Å². The number of benzene rings is 2. The summed E-state index contributed by atoms with van der Waals surface area (Å²) in [4.78, 5) is 26.6. The number of rotatable bonds is 7. The van der Waals surface area contributed by atoms with Crippen LogP contribution >= 0.6 is 0 Å². The number of hydrogen-bond acceptors (Lipinski definition) is 4. The maximum absolute atomic E-state index is 11.8. The zero-order valence-corrected chi connectivity index (χ0v) is 14.0. The van der Waals surface area contributed by atoms with Crippen LogP contribution in [0.2, 0.25) is 0 Å². The Hall–Kier alpha value is -3.81. The van der Waals surface area contributed by atoms with Crippen LogP contribution in [0.4, 0.5) is 11.4 Å². The number of aliphatic carboxylic acids is 1. The minimum Gasteiger partial charge on any atom is -0.495 e. The first-order valence-electron chi connectivity index (χ1n) is 7.48. The van der Waals surface area contributed by atoms with Crippen LogP contribution in [0.3, 0.4) is 0 Å². The lowest BCUT2D eigenvalue weighted by molar-refractivity contribution is -0.130. The van der Waals surface area contributed by atoms with E-state index >= 15 is 0 Å². The van der Waals surface area contributed by atoms with Crippen molar-refractivity contribution in [2.24, 2.45) is 16.5 Å². The predicted octanol–water partition coefficient (Wildman–Crippen LogP) is 1.79. The molecule has 2 aromatic rings. The van der Waals surface area contributed by atoms with Crippen molar-refractivity contribution in [1.82, 2.24) is 0 Å². The van der Waals surface area contributed by atoms with Gasteiger partial charge in [0.05, 0.1) is 24.1 Å². The zero-order valence-electron chi connectivity index (χ0n) is 14.0. The SMILES string of the molecule is COc1cccc(C=C(C(=O)O)c2cccc(N=C(N)N)c2)c1NC=O. The molecule has 0 spiro atoms. The number of guanidine groups is 1. The van der Waals surface area contributed by atoms with E-state index in [1.54, 1.807) is 42.5 Å². The smallest absolute Gasteiger partial charge is 0.336 e. The molecule has 6 N–H and O–H groups in total. The van der Waals surface area contributed by atoms with Crippen molar-refractivity contribution in [3.63, 3.8) is 0 Å². The molecular formula is C18H18N4O4. The van der Waals surface area contributed by atoms with Crippen molar-refractivity contribution < 1.29 is 19.4 Å². The summed E-state index contributed by atoms with van der Waals surface area (Å²) in [6.07, 6.45) is 1.93. The quantitative estimate of drug-likeness (QED) is 0.196. The van der Waals surface area contributed by atoms with Gasteiger partial charge in [-0.15, -0.1) is 0 Å². The second kappa shape index (κ2) is 8.34. The highest BCUT2D eigenvalue weighted by atomic mass is 16.5. The van der Waals surface area contributed by atoms with Gasteiger partial charge < -0.3 is 26.6 Å². The molecule has 0 saturated carbocycles. The lowest BCUT2D eigenvalue weighted by Crippen LogP contribution is -2.21. The van der Waals surface area contributed by atoms with E-state index in [0.717, 1.165) is 0 Å². The summed E-state index contributed by atoms with van der Waals surface area (Å²) in [6, 6.07) is 11.5. The molecule has 0 atom stereocenters. The number of methoxy groups -OCH3 is 1. The monoisotopic (exact) mass is 354 g/mol. The molecule has 0 radical (unpaired) electrons. The fourth-order valence-corrected chi connectivity index (χ4v) is 2.37. The molecule has 0 fully saturated rings. The number of amides is 1. The molecule has 0 aromatic heterocycles. The van der Waals surface area contributed by atoms with Crippen LogP contribution in [0.5, 0.6) is 5.75 Å². The molecule has 8 nitrogen and oxygen atoms in total. The molecule has 0 aliphatic carbocycles. The summed E-state index contributed by atoms with van der Waals surface area (Å²) >= 11 is 0. The Kier molecular flexibility index (Phi) is 5.94. The minimum absolute atomic E-state index is 0.000144. The lowest BCUT2D eigenvalue weighted by Gasteiger charge is -2.11. The average Bonchev–Trinajstić information content (AvgIpc) is 2.60. The summed E-state index contributed by atoms with van der Waals surface area (Å²) in [6.45, 7) is 0. The van der Waals surface area contributed by atoms with Gasteiger partial charge in [0, 0.05) is 5.56 Å². The Labute approximate surface area is 149 Å². The van der Waals surface area contributed by atoms with Crippen LogP contribution in [0.15, 0.2) is 47.5 Å². The minimum atomic E-state index is -1.15. The van der Waals surface area contributed by atoms with Crippen molar-refractivity contribution in [2.75, 3.05) is 12.4 Å². The molecular weight excluding hydrogens is 336 g/mol. The molecule has 1 amide bonds. The highest BCUT2D eigenvalue weighted by molar-refractivity contribution is 6.21. The standard InChI is InChI=1S/C18H18N4O4/c1-26-15-7-3-5-12(16(15)21-10-23)9-14(17(24)25)11-4-2-6-13(8-11)22-18(19)20/h2-10H,1H3,(H,21,23)(H,24,25)(H4,19,20,22). The molecule has 8 heteroatoms. The van der Waals surface area contributed by atoms with Crippen molar-refractivity contribution in [2.45, 2.75) is 0 Å². The maximum Gasteiger partial charge on any atom is 0.336 e. The van der Waals surface area contributed by atoms with Gasteiger partial charge in [-0.05, 0) is 29.8 Å². The number of nitrogens with zero attached hydrogens (tertiary/aromatic N) is 1. The Morgan fingerprint density at radius 2 is 1.96 bits per heavy atom. The Balaban J connectivity index is 2.60. The van der Waals surface area contributed by atoms with Gasteiger partial charge in [0.1, 0.15) is 5.75 Å². The van der Waals surface area contributed by atoms with E-state index in [2.05, 4.69) is 10.3 Å². The number of carbonyl (C=O) groups excluding carboxylic acids is 1. The molecule has 2 aromatic carbocycles. The average molecular weight is 354 g/mol. The van der Waals surface area contributed by atoms with Crippen LogP contribution in [0.25, 0.3) is 11.6 Å². The molecule has 0 heterocycles. The molecule has 0 bridgehead atoms. The Morgan fingerprint density at radius 3 is 2.58 bits per heavy atom. The van der Waals surface area contributed by atoms with Crippen molar-refractivity contribution in [1.29, 1.82) is 0 Å². The van der Waals surface area contributed by atoms with Gasteiger partial charge in [-0.3, -0.25) is 4.79 Å². The summed E-state index contributed by atoms with van der Waals surface area (Å²) in [5, 5.41) is 12.2. The third kappa shape index (κ3) is 4.38. The molecule has 134 valence electrons. The number of para-hydroxylation sites is 1. The summed E-state index contributed by atoms with van der Waals surface area (Å²) in [5.41, 5.74) is 12.4. The third-order valence-electron chi connectivity index (χ3n) is 3.43. The number of anilines is 1. The number of carboxylic acids is 1. The first-order valence-corrected chi connectivity index (χ1v) is 7.48. The first-order chi connectivity index (χ1) is 12.5. The predicted molar refractivity (Wildman–Crippen MR) is 100 cm³/mol. The fourth-order valence-electron chi connectivity index (χ4n) is 2.37. The van der Waals surface area contributed by atoms with Gasteiger partial charge in [-0.1, -0.05) is 24.3 Å². The number of carbonyl (C=O) groups is 2. The number of nitrogens with one attached hydrogen (secondary N) is 1. The van der Waals surface area contributed by atoms with Gasteiger partial charge in [-0.2, -0.15) is 0 Å².